The Balaban J connectivity index is 1.69. The summed E-state index contributed by atoms with van der Waals surface area (Å²) in [4.78, 5) is 0. The molecule has 0 aromatic heterocycles. The molecule has 0 amide bonds. The standard InChI is InChI=1S/C13H17FN2/c14-12-3-1-2-4-13(12)16-11-7-9-5-6-10(8-11)15-9/h1-4,9-11,15-16H,5-8H2. The zero-order valence-corrected chi connectivity index (χ0v) is 9.25. The molecule has 2 unspecified atom stereocenters. The van der Waals surface area contributed by atoms with E-state index in [0.717, 1.165) is 12.8 Å². The van der Waals surface area contributed by atoms with Crippen molar-refractivity contribution in [3.8, 4) is 0 Å². The van der Waals surface area contributed by atoms with Gasteiger partial charge in [-0.2, -0.15) is 0 Å². The highest BCUT2D eigenvalue weighted by Gasteiger charge is 2.33. The highest BCUT2D eigenvalue weighted by atomic mass is 19.1. The van der Waals surface area contributed by atoms with Crippen LogP contribution in [0, 0.1) is 5.82 Å². The largest absolute Gasteiger partial charge is 0.380 e. The summed E-state index contributed by atoms with van der Waals surface area (Å²) in [7, 11) is 0. The number of benzene rings is 1. The average molecular weight is 220 g/mol. The van der Waals surface area contributed by atoms with Crippen molar-refractivity contribution in [1.82, 2.24) is 5.32 Å². The number of rotatable bonds is 2. The van der Waals surface area contributed by atoms with Crippen LogP contribution in [0.1, 0.15) is 25.7 Å². The van der Waals surface area contributed by atoms with Crippen molar-refractivity contribution >= 4 is 5.69 Å². The topological polar surface area (TPSA) is 24.1 Å². The van der Waals surface area contributed by atoms with Crippen LogP contribution in [0.4, 0.5) is 10.1 Å². The first-order valence-electron chi connectivity index (χ1n) is 6.08. The van der Waals surface area contributed by atoms with Crippen molar-refractivity contribution in [3.05, 3.63) is 30.1 Å². The lowest BCUT2D eigenvalue weighted by atomic mass is 9.99. The molecule has 0 radical (unpaired) electrons. The van der Waals surface area contributed by atoms with E-state index in [1.807, 2.05) is 12.1 Å². The van der Waals surface area contributed by atoms with Gasteiger partial charge in [-0.1, -0.05) is 12.1 Å². The molecule has 0 saturated carbocycles. The molecule has 2 fully saturated rings. The molecule has 2 saturated heterocycles. The Bertz CT molecular complexity index is 368. The van der Waals surface area contributed by atoms with Crippen LogP contribution in [0.15, 0.2) is 24.3 Å². The Labute approximate surface area is 95.2 Å². The highest BCUT2D eigenvalue weighted by molar-refractivity contribution is 5.45. The van der Waals surface area contributed by atoms with E-state index in [1.165, 1.54) is 18.9 Å². The van der Waals surface area contributed by atoms with E-state index in [9.17, 15) is 4.39 Å². The van der Waals surface area contributed by atoms with Gasteiger partial charge in [0.1, 0.15) is 5.82 Å². The van der Waals surface area contributed by atoms with Gasteiger partial charge >= 0.3 is 0 Å². The van der Waals surface area contributed by atoms with Gasteiger partial charge in [0.2, 0.25) is 0 Å². The first-order valence-corrected chi connectivity index (χ1v) is 6.08. The second kappa shape index (κ2) is 4.06. The predicted octanol–water partition coefficient (Wildman–Crippen LogP) is 2.52. The van der Waals surface area contributed by atoms with E-state index in [4.69, 9.17) is 0 Å². The molecule has 1 aromatic carbocycles. The van der Waals surface area contributed by atoms with E-state index in [2.05, 4.69) is 10.6 Å². The van der Waals surface area contributed by atoms with Crippen molar-refractivity contribution < 1.29 is 4.39 Å². The van der Waals surface area contributed by atoms with Gasteiger partial charge in [-0.3, -0.25) is 0 Å². The molecule has 2 bridgehead atoms. The molecule has 2 N–H and O–H groups in total. The average Bonchev–Trinajstić information content (AvgIpc) is 2.62. The zero-order chi connectivity index (χ0) is 11.0. The van der Waals surface area contributed by atoms with Gasteiger partial charge in [-0.05, 0) is 37.8 Å². The molecule has 2 nitrogen and oxygen atoms in total. The monoisotopic (exact) mass is 220 g/mol. The van der Waals surface area contributed by atoms with Crippen molar-refractivity contribution in [3.63, 3.8) is 0 Å². The smallest absolute Gasteiger partial charge is 0.146 e. The van der Waals surface area contributed by atoms with Crippen molar-refractivity contribution in [2.75, 3.05) is 5.32 Å². The number of fused-ring (bicyclic) bond motifs is 2. The number of hydrogen-bond acceptors (Lipinski definition) is 2. The number of piperidine rings is 1. The fourth-order valence-corrected chi connectivity index (χ4v) is 2.97. The van der Waals surface area contributed by atoms with E-state index >= 15 is 0 Å². The van der Waals surface area contributed by atoms with Gasteiger partial charge in [-0.15, -0.1) is 0 Å². The quantitative estimate of drug-likeness (QED) is 0.800. The molecule has 86 valence electrons. The minimum Gasteiger partial charge on any atom is -0.380 e. The van der Waals surface area contributed by atoms with E-state index in [0.29, 0.717) is 23.8 Å². The number of hydrogen-bond donors (Lipinski definition) is 2. The van der Waals surface area contributed by atoms with Crippen LogP contribution < -0.4 is 10.6 Å². The Hall–Kier alpha value is -1.09. The van der Waals surface area contributed by atoms with Gasteiger partial charge in [-0.25, -0.2) is 4.39 Å². The molecule has 0 spiro atoms. The highest BCUT2D eigenvalue weighted by Crippen LogP contribution is 2.29. The van der Waals surface area contributed by atoms with Crippen LogP contribution in [0.25, 0.3) is 0 Å². The maximum Gasteiger partial charge on any atom is 0.146 e. The maximum absolute atomic E-state index is 13.5. The van der Waals surface area contributed by atoms with Crippen LogP contribution in [0.3, 0.4) is 0 Å². The Morgan fingerprint density at radius 1 is 1.12 bits per heavy atom. The lowest BCUT2D eigenvalue weighted by Crippen LogP contribution is -2.43. The molecule has 2 aliphatic heterocycles. The summed E-state index contributed by atoms with van der Waals surface area (Å²) in [6.45, 7) is 0. The zero-order valence-electron chi connectivity index (χ0n) is 9.25. The maximum atomic E-state index is 13.5. The minimum atomic E-state index is -0.145. The fraction of sp³-hybridized carbons (Fsp3) is 0.538. The second-order valence-electron chi connectivity index (χ2n) is 4.93. The first kappa shape index (κ1) is 10.1. The number of nitrogens with one attached hydrogen (secondary N) is 2. The Morgan fingerprint density at radius 3 is 2.50 bits per heavy atom. The first-order chi connectivity index (χ1) is 7.81. The molecule has 16 heavy (non-hydrogen) atoms. The minimum absolute atomic E-state index is 0.145. The molecule has 3 heteroatoms. The number of anilines is 1. The molecule has 2 heterocycles. The molecule has 2 atom stereocenters. The third kappa shape index (κ3) is 1.92. The van der Waals surface area contributed by atoms with Crippen molar-refractivity contribution in [2.45, 2.75) is 43.8 Å². The molecule has 1 aromatic rings. The predicted molar refractivity (Wildman–Crippen MR) is 63.0 cm³/mol. The Kier molecular flexibility index (Phi) is 2.56. The van der Waals surface area contributed by atoms with Gasteiger partial charge < -0.3 is 10.6 Å². The number of para-hydroxylation sites is 1. The van der Waals surface area contributed by atoms with Crippen molar-refractivity contribution in [1.29, 1.82) is 0 Å². The van der Waals surface area contributed by atoms with Gasteiger partial charge in [0.05, 0.1) is 5.69 Å². The Morgan fingerprint density at radius 2 is 1.81 bits per heavy atom. The van der Waals surface area contributed by atoms with E-state index in [1.54, 1.807) is 6.07 Å². The normalized spacial score (nSPS) is 32.7. The molecular formula is C13H17FN2. The van der Waals surface area contributed by atoms with Gasteiger partial charge in [0.25, 0.3) is 0 Å². The summed E-state index contributed by atoms with van der Waals surface area (Å²) < 4.78 is 13.5. The van der Waals surface area contributed by atoms with Gasteiger partial charge in [0.15, 0.2) is 0 Å². The SMILES string of the molecule is Fc1ccccc1NC1CC2CCC(C1)N2. The van der Waals surface area contributed by atoms with Crippen LogP contribution in [0.2, 0.25) is 0 Å². The second-order valence-corrected chi connectivity index (χ2v) is 4.93. The van der Waals surface area contributed by atoms with E-state index in [-0.39, 0.29) is 5.82 Å². The summed E-state index contributed by atoms with van der Waals surface area (Å²) in [6, 6.07) is 8.65. The molecule has 0 aliphatic carbocycles. The molecule has 2 aliphatic rings. The third-order valence-corrected chi connectivity index (χ3v) is 3.71. The lowest BCUT2D eigenvalue weighted by molar-refractivity contribution is 0.377. The number of halogens is 1. The molecular weight excluding hydrogens is 203 g/mol. The van der Waals surface area contributed by atoms with Crippen LogP contribution >= 0.6 is 0 Å². The summed E-state index contributed by atoms with van der Waals surface area (Å²) in [5.74, 6) is -0.145. The summed E-state index contributed by atoms with van der Waals surface area (Å²) in [5.41, 5.74) is 0.647. The summed E-state index contributed by atoms with van der Waals surface area (Å²) in [6.07, 6.45) is 4.79. The summed E-state index contributed by atoms with van der Waals surface area (Å²) >= 11 is 0. The third-order valence-electron chi connectivity index (χ3n) is 3.71. The van der Waals surface area contributed by atoms with Crippen LogP contribution in [-0.2, 0) is 0 Å². The molecule has 3 rings (SSSR count). The van der Waals surface area contributed by atoms with Gasteiger partial charge in [0, 0.05) is 18.1 Å². The summed E-state index contributed by atoms with van der Waals surface area (Å²) in [5, 5.41) is 6.92. The lowest BCUT2D eigenvalue weighted by Gasteiger charge is -2.30. The van der Waals surface area contributed by atoms with Crippen LogP contribution in [-0.4, -0.2) is 18.1 Å². The van der Waals surface area contributed by atoms with Crippen molar-refractivity contribution in [2.24, 2.45) is 0 Å². The van der Waals surface area contributed by atoms with E-state index < -0.39 is 0 Å². The fourth-order valence-electron chi connectivity index (χ4n) is 2.97. The van der Waals surface area contributed by atoms with Crippen LogP contribution in [0.5, 0.6) is 0 Å².